The van der Waals surface area contributed by atoms with Crippen LogP contribution in [-0.2, 0) is 5.60 Å². The fraction of sp³-hybridized carbons (Fsp3) is 0.407. The molecule has 0 spiro atoms. The molecule has 0 saturated heterocycles. The van der Waals surface area contributed by atoms with Gasteiger partial charge in [-0.15, -0.1) is 0 Å². The van der Waals surface area contributed by atoms with E-state index in [0.29, 0.717) is 45.8 Å². The van der Waals surface area contributed by atoms with Gasteiger partial charge in [0.1, 0.15) is 0 Å². The number of nitrogens with zero attached hydrogens (tertiary/aromatic N) is 3. The van der Waals surface area contributed by atoms with Crippen molar-refractivity contribution in [3.63, 3.8) is 0 Å². The zero-order valence-corrected chi connectivity index (χ0v) is 21.4. The minimum absolute atomic E-state index is 0.100. The maximum absolute atomic E-state index is 13.3. The van der Waals surface area contributed by atoms with Crippen LogP contribution in [0.3, 0.4) is 0 Å². The molecule has 36 heavy (non-hydrogen) atoms. The maximum Gasteiger partial charge on any atom is 0.257 e. The van der Waals surface area contributed by atoms with Gasteiger partial charge in [-0.25, -0.2) is 4.98 Å². The third-order valence-corrected chi connectivity index (χ3v) is 6.52. The molecule has 2 heterocycles. The Bertz CT molecular complexity index is 1340. The lowest BCUT2D eigenvalue weighted by atomic mass is 9.95. The molecule has 9 nitrogen and oxygen atoms in total. The minimum atomic E-state index is -1.19. The molecule has 190 valence electrons. The number of imidazole rings is 1. The molecule has 3 amide bonds. The van der Waals surface area contributed by atoms with Gasteiger partial charge in [0.25, 0.3) is 17.7 Å². The van der Waals surface area contributed by atoms with Gasteiger partial charge in [0.2, 0.25) is 5.95 Å². The summed E-state index contributed by atoms with van der Waals surface area (Å²) < 4.78 is 1.91. The van der Waals surface area contributed by atoms with E-state index in [1.165, 1.54) is 4.90 Å². The van der Waals surface area contributed by atoms with Crippen LogP contribution in [0, 0.1) is 0 Å². The van der Waals surface area contributed by atoms with E-state index in [1.807, 2.05) is 11.5 Å². The Hall–Kier alpha value is -3.72. The Kier molecular flexibility index (Phi) is 6.86. The normalized spacial score (nSPS) is 17.1. The first kappa shape index (κ1) is 25.4. The molecule has 0 radical (unpaired) electrons. The Morgan fingerprint density at radius 3 is 2.47 bits per heavy atom. The fourth-order valence-corrected chi connectivity index (χ4v) is 4.48. The van der Waals surface area contributed by atoms with Crippen molar-refractivity contribution in [2.75, 3.05) is 26.0 Å². The molecule has 2 bridgehead atoms. The quantitative estimate of drug-likeness (QED) is 0.506. The van der Waals surface area contributed by atoms with E-state index in [1.54, 1.807) is 64.3 Å². The first-order valence-corrected chi connectivity index (χ1v) is 12.2. The highest BCUT2D eigenvalue weighted by molar-refractivity contribution is 6.08. The monoisotopic (exact) mass is 491 g/mol. The number of amides is 3. The van der Waals surface area contributed by atoms with Gasteiger partial charge in [0, 0.05) is 37.8 Å². The summed E-state index contributed by atoms with van der Waals surface area (Å²) in [6.45, 7) is 5.86. The highest BCUT2D eigenvalue weighted by Crippen LogP contribution is 2.34. The molecule has 4 rings (SSSR count). The number of fused-ring (bicyclic) bond motifs is 5. The first-order chi connectivity index (χ1) is 17.0. The Balaban J connectivity index is 1.94. The van der Waals surface area contributed by atoms with Crippen molar-refractivity contribution in [1.29, 1.82) is 0 Å². The standard InChI is InChI=1S/C27H33N5O4/c1-16-9-6-7-12-28-23(33)17-10-8-11-18(13-17)24(34)30-26-29-21-15-19(27(2,3)36)14-20(22(21)32(16)26)25(35)31(4)5/h8,10-11,13-16,36H,6-7,9,12H2,1-5H3,(H,28,33)(H,29,30,34)/t16-/m1/s1. The highest BCUT2D eigenvalue weighted by atomic mass is 16.3. The topological polar surface area (TPSA) is 117 Å². The first-order valence-electron chi connectivity index (χ1n) is 12.2. The maximum atomic E-state index is 13.3. The third kappa shape index (κ3) is 4.97. The summed E-state index contributed by atoms with van der Waals surface area (Å²) in [7, 11) is 3.36. The fourth-order valence-electron chi connectivity index (χ4n) is 4.48. The molecule has 1 aromatic heterocycles. The van der Waals surface area contributed by atoms with Crippen LogP contribution in [0.2, 0.25) is 0 Å². The summed E-state index contributed by atoms with van der Waals surface area (Å²) in [5.74, 6) is -0.529. The zero-order valence-electron chi connectivity index (χ0n) is 21.4. The summed E-state index contributed by atoms with van der Waals surface area (Å²) >= 11 is 0. The second-order valence-corrected chi connectivity index (χ2v) is 10.1. The number of rotatable bonds is 2. The van der Waals surface area contributed by atoms with Crippen molar-refractivity contribution in [1.82, 2.24) is 19.8 Å². The number of anilines is 1. The summed E-state index contributed by atoms with van der Waals surface area (Å²) in [4.78, 5) is 45.2. The molecule has 2 aromatic carbocycles. The molecule has 1 atom stereocenters. The van der Waals surface area contributed by atoms with Crippen LogP contribution in [0.4, 0.5) is 5.95 Å². The van der Waals surface area contributed by atoms with Crippen molar-refractivity contribution in [3.05, 3.63) is 58.7 Å². The van der Waals surface area contributed by atoms with Gasteiger partial charge in [-0.1, -0.05) is 6.07 Å². The Labute approximate surface area is 210 Å². The van der Waals surface area contributed by atoms with E-state index in [0.717, 1.165) is 19.3 Å². The molecule has 0 aliphatic carbocycles. The van der Waals surface area contributed by atoms with Crippen LogP contribution >= 0.6 is 0 Å². The summed E-state index contributed by atoms with van der Waals surface area (Å²) in [5, 5.41) is 16.5. The zero-order chi connectivity index (χ0) is 26.2. The van der Waals surface area contributed by atoms with Gasteiger partial charge >= 0.3 is 0 Å². The summed E-state index contributed by atoms with van der Waals surface area (Å²) in [6.07, 6.45) is 2.36. The van der Waals surface area contributed by atoms with Gasteiger partial charge in [0.05, 0.1) is 22.2 Å². The van der Waals surface area contributed by atoms with Crippen LogP contribution in [0.5, 0.6) is 0 Å². The van der Waals surface area contributed by atoms with Crippen LogP contribution in [0.25, 0.3) is 11.0 Å². The Morgan fingerprint density at radius 1 is 1.11 bits per heavy atom. The van der Waals surface area contributed by atoms with Crippen LogP contribution < -0.4 is 10.6 Å². The SMILES string of the molecule is C[C@@H]1CCCCNC(=O)c2cccc(c2)C(=O)Nc2nc3cc(C(C)(C)O)cc(C(=O)N(C)C)c3n21. The second kappa shape index (κ2) is 9.73. The van der Waals surface area contributed by atoms with Crippen molar-refractivity contribution in [3.8, 4) is 0 Å². The molecular weight excluding hydrogens is 458 g/mol. The lowest BCUT2D eigenvalue weighted by Crippen LogP contribution is -2.26. The largest absolute Gasteiger partial charge is 0.386 e. The second-order valence-electron chi connectivity index (χ2n) is 10.1. The number of nitrogens with one attached hydrogen (secondary N) is 2. The number of benzene rings is 2. The molecule has 0 fully saturated rings. The summed E-state index contributed by atoms with van der Waals surface area (Å²) in [5.41, 5.74) is 1.63. The van der Waals surface area contributed by atoms with Crippen molar-refractivity contribution in [2.24, 2.45) is 0 Å². The van der Waals surface area contributed by atoms with E-state index >= 15 is 0 Å². The number of carbonyl (C=O) groups excluding carboxylic acids is 3. The predicted molar refractivity (Wildman–Crippen MR) is 138 cm³/mol. The van der Waals surface area contributed by atoms with E-state index in [-0.39, 0.29) is 17.9 Å². The number of hydrogen-bond donors (Lipinski definition) is 3. The van der Waals surface area contributed by atoms with Gasteiger partial charge in [-0.05, 0) is 75.9 Å². The van der Waals surface area contributed by atoms with E-state index < -0.39 is 11.5 Å². The molecule has 3 aromatic rings. The molecule has 1 aliphatic heterocycles. The average molecular weight is 492 g/mol. The lowest BCUT2D eigenvalue weighted by molar-refractivity contribution is 0.0780. The lowest BCUT2D eigenvalue weighted by Gasteiger charge is -2.23. The highest BCUT2D eigenvalue weighted by Gasteiger charge is 2.27. The van der Waals surface area contributed by atoms with Crippen molar-refractivity contribution >= 4 is 34.7 Å². The molecular formula is C27H33N5O4. The average Bonchev–Trinajstić information content (AvgIpc) is 3.19. The van der Waals surface area contributed by atoms with Crippen molar-refractivity contribution in [2.45, 2.75) is 51.7 Å². The molecule has 0 unspecified atom stereocenters. The number of hydrogen-bond acceptors (Lipinski definition) is 5. The number of aromatic nitrogens is 2. The van der Waals surface area contributed by atoms with Gasteiger partial charge < -0.3 is 19.9 Å². The van der Waals surface area contributed by atoms with Gasteiger partial charge in [-0.3, -0.25) is 19.7 Å². The number of carbonyl (C=O) groups is 3. The predicted octanol–water partition coefficient (Wildman–Crippen LogP) is 3.69. The third-order valence-electron chi connectivity index (χ3n) is 6.52. The van der Waals surface area contributed by atoms with Crippen LogP contribution in [0.15, 0.2) is 36.4 Å². The van der Waals surface area contributed by atoms with Crippen LogP contribution in [-0.4, -0.2) is 57.9 Å². The minimum Gasteiger partial charge on any atom is -0.386 e. The molecule has 9 heteroatoms. The Morgan fingerprint density at radius 2 is 1.81 bits per heavy atom. The van der Waals surface area contributed by atoms with Gasteiger partial charge in [-0.2, -0.15) is 0 Å². The molecule has 0 saturated carbocycles. The van der Waals surface area contributed by atoms with E-state index in [2.05, 4.69) is 10.6 Å². The molecule has 3 N–H and O–H groups in total. The summed E-state index contributed by atoms with van der Waals surface area (Å²) in [6, 6.07) is 9.91. The smallest absolute Gasteiger partial charge is 0.257 e. The molecule has 1 aliphatic rings. The van der Waals surface area contributed by atoms with Gasteiger partial charge in [0.15, 0.2) is 0 Å². The van der Waals surface area contributed by atoms with E-state index in [9.17, 15) is 19.5 Å². The van der Waals surface area contributed by atoms with Crippen LogP contribution in [0.1, 0.15) is 82.7 Å². The van der Waals surface area contributed by atoms with E-state index in [4.69, 9.17) is 4.98 Å². The number of aliphatic hydroxyl groups is 1. The van der Waals surface area contributed by atoms with Crippen molar-refractivity contribution < 1.29 is 19.5 Å².